The first-order valence-electron chi connectivity index (χ1n) is 11.1. The second-order valence-electron chi connectivity index (χ2n) is 8.04. The maximum Gasteiger partial charge on any atom is 0.452 e. The van der Waals surface area contributed by atoms with E-state index < -0.39 is 17.7 Å². The number of carboxylic acid groups (broad SMARTS) is 2. The number of carboxylic acids is 2. The van der Waals surface area contributed by atoms with Gasteiger partial charge < -0.3 is 19.7 Å². The van der Waals surface area contributed by atoms with Crippen molar-refractivity contribution in [2.45, 2.75) is 18.6 Å². The molecule has 6 heteroatoms. The molecule has 0 unspecified atom stereocenters. The van der Waals surface area contributed by atoms with Gasteiger partial charge in [0.05, 0.1) is 0 Å². The zero-order valence-corrected chi connectivity index (χ0v) is 18.8. The Morgan fingerprint density at radius 2 is 0.829 bits per heavy atom. The van der Waals surface area contributed by atoms with Gasteiger partial charge in [0.25, 0.3) is 0 Å². The van der Waals surface area contributed by atoms with Crippen molar-refractivity contribution in [3.8, 4) is 11.5 Å². The minimum atomic E-state index is -2.94. The number of rotatable bonds is 10. The molecule has 0 saturated carbocycles. The fourth-order valence-electron chi connectivity index (χ4n) is 3.63. The third-order valence-corrected chi connectivity index (χ3v) is 5.44. The van der Waals surface area contributed by atoms with Gasteiger partial charge in [-0.05, 0) is 59.4 Å². The normalized spacial score (nSPS) is 11.0. The van der Waals surface area contributed by atoms with E-state index in [0.29, 0.717) is 12.8 Å². The number of ether oxygens (including phenoxy) is 2. The van der Waals surface area contributed by atoms with E-state index in [4.69, 9.17) is 9.47 Å². The lowest BCUT2D eigenvalue weighted by Gasteiger charge is -2.26. The molecule has 2 N–H and O–H groups in total. The SMILES string of the molecule is O=C(O)C(Oc1ccc(Cc2ccccc2)cc1)(Oc1ccc(Cc2ccccc2)cc1)C(=O)O. The van der Waals surface area contributed by atoms with Crippen LogP contribution in [0.2, 0.25) is 0 Å². The summed E-state index contributed by atoms with van der Waals surface area (Å²) in [5.41, 5.74) is 4.17. The average Bonchev–Trinajstić information content (AvgIpc) is 2.87. The average molecular weight is 469 g/mol. The van der Waals surface area contributed by atoms with Gasteiger partial charge in [0, 0.05) is 0 Å². The van der Waals surface area contributed by atoms with Crippen LogP contribution < -0.4 is 9.47 Å². The Balaban J connectivity index is 1.50. The van der Waals surface area contributed by atoms with E-state index in [9.17, 15) is 19.8 Å². The summed E-state index contributed by atoms with van der Waals surface area (Å²) in [7, 11) is 0. The third-order valence-electron chi connectivity index (χ3n) is 5.44. The second kappa shape index (κ2) is 10.6. The van der Waals surface area contributed by atoms with Crippen LogP contribution in [0.15, 0.2) is 109 Å². The minimum absolute atomic E-state index is 0.0623. The van der Waals surface area contributed by atoms with Crippen LogP contribution in [0.1, 0.15) is 22.3 Å². The predicted molar refractivity (Wildman–Crippen MR) is 131 cm³/mol. The molecule has 0 heterocycles. The summed E-state index contributed by atoms with van der Waals surface area (Å²) in [6, 6.07) is 32.9. The van der Waals surface area contributed by atoms with E-state index >= 15 is 0 Å². The Morgan fingerprint density at radius 1 is 0.514 bits per heavy atom. The van der Waals surface area contributed by atoms with E-state index in [1.807, 2.05) is 60.7 Å². The summed E-state index contributed by atoms with van der Waals surface area (Å²) < 4.78 is 10.9. The number of benzene rings is 4. The third kappa shape index (κ3) is 5.86. The molecule has 0 fully saturated rings. The van der Waals surface area contributed by atoms with Crippen LogP contribution in [0, 0.1) is 0 Å². The van der Waals surface area contributed by atoms with E-state index in [1.54, 1.807) is 24.3 Å². The summed E-state index contributed by atoms with van der Waals surface area (Å²) in [5, 5.41) is 19.6. The highest BCUT2D eigenvalue weighted by molar-refractivity contribution is 6.00. The van der Waals surface area contributed by atoms with Crippen LogP contribution in [-0.2, 0) is 22.4 Å². The molecule has 0 amide bonds. The molecule has 0 aliphatic carbocycles. The first-order chi connectivity index (χ1) is 16.9. The molecule has 176 valence electrons. The van der Waals surface area contributed by atoms with Gasteiger partial charge in [0.1, 0.15) is 11.5 Å². The van der Waals surface area contributed by atoms with Crippen LogP contribution in [-0.4, -0.2) is 27.9 Å². The zero-order valence-electron chi connectivity index (χ0n) is 18.8. The van der Waals surface area contributed by atoms with Gasteiger partial charge in [0.2, 0.25) is 0 Å². The number of carbonyl (C=O) groups is 2. The van der Waals surface area contributed by atoms with E-state index in [-0.39, 0.29) is 11.5 Å². The smallest absolute Gasteiger partial charge is 0.452 e. The molecule has 0 spiro atoms. The van der Waals surface area contributed by atoms with E-state index in [0.717, 1.165) is 22.3 Å². The monoisotopic (exact) mass is 468 g/mol. The van der Waals surface area contributed by atoms with E-state index in [2.05, 4.69) is 0 Å². The van der Waals surface area contributed by atoms with Gasteiger partial charge in [0.15, 0.2) is 0 Å². The first-order valence-corrected chi connectivity index (χ1v) is 11.1. The fourth-order valence-corrected chi connectivity index (χ4v) is 3.63. The van der Waals surface area contributed by atoms with Crippen molar-refractivity contribution in [3.63, 3.8) is 0 Å². The van der Waals surface area contributed by atoms with Gasteiger partial charge in [-0.15, -0.1) is 0 Å². The molecule has 0 bridgehead atoms. The number of aliphatic carboxylic acids is 2. The van der Waals surface area contributed by atoms with Crippen LogP contribution in [0.3, 0.4) is 0 Å². The number of hydrogen-bond donors (Lipinski definition) is 2. The lowest BCUT2D eigenvalue weighted by molar-refractivity contribution is -0.201. The van der Waals surface area contributed by atoms with E-state index in [1.165, 1.54) is 24.3 Å². The molecule has 0 radical (unpaired) electrons. The summed E-state index contributed by atoms with van der Waals surface area (Å²) >= 11 is 0. The Hall–Kier alpha value is -4.58. The van der Waals surface area contributed by atoms with Gasteiger partial charge in [-0.1, -0.05) is 84.9 Å². The zero-order chi connectivity index (χ0) is 24.7. The predicted octanol–water partition coefficient (Wildman–Crippen LogP) is 5.19. The first kappa shape index (κ1) is 23.6. The molecule has 0 aliphatic heterocycles. The molecule has 6 nitrogen and oxygen atoms in total. The Labute approximate surface area is 203 Å². The van der Waals surface area contributed by atoms with Crippen LogP contribution >= 0.6 is 0 Å². The molecular formula is C29H24O6. The summed E-state index contributed by atoms with van der Waals surface area (Å²) in [5.74, 6) is -6.36. The maximum absolute atomic E-state index is 12.1. The highest BCUT2D eigenvalue weighted by Gasteiger charge is 2.53. The standard InChI is InChI=1S/C29H24O6/c30-27(31)29(28(32)33,34-25-15-11-23(12-16-25)19-21-7-3-1-4-8-21)35-26-17-13-24(14-18-26)20-22-9-5-2-6-10-22/h1-18H,19-20H2,(H,30,31)(H,32,33). The van der Waals surface area contributed by atoms with Crippen LogP contribution in [0.5, 0.6) is 11.5 Å². The van der Waals surface area contributed by atoms with Crippen molar-refractivity contribution in [2.75, 3.05) is 0 Å². The second-order valence-corrected chi connectivity index (χ2v) is 8.04. The van der Waals surface area contributed by atoms with Gasteiger partial charge in [-0.25, -0.2) is 9.59 Å². The lowest BCUT2D eigenvalue weighted by Crippen LogP contribution is -2.56. The summed E-state index contributed by atoms with van der Waals surface area (Å²) in [6.45, 7) is 0. The molecule has 0 saturated heterocycles. The Bertz CT molecular complexity index is 1160. The Morgan fingerprint density at radius 3 is 1.14 bits per heavy atom. The quantitative estimate of drug-likeness (QED) is 0.246. The largest absolute Gasteiger partial charge is 0.475 e. The summed E-state index contributed by atoms with van der Waals surface area (Å²) in [4.78, 5) is 24.1. The molecular weight excluding hydrogens is 444 g/mol. The van der Waals surface area contributed by atoms with Crippen molar-refractivity contribution in [1.29, 1.82) is 0 Å². The van der Waals surface area contributed by atoms with Crippen molar-refractivity contribution in [2.24, 2.45) is 0 Å². The van der Waals surface area contributed by atoms with Crippen molar-refractivity contribution < 1.29 is 29.3 Å². The molecule has 35 heavy (non-hydrogen) atoms. The van der Waals surface area contributed by atoms with Crippen molar-refractivity contribution >= 4 is 11.9 Å². The molecule has 0 aliphatic rings. The van der Waals surface area contributed by atoms with Crippen LogP contribution in [0.25, 0.3) is 0 Å². The summed E-state index contributed by atoms with van der Waals surface area (Å²) in [6.07, 6.45) is 1.35. The highest BCUT2D eigenvalue weighted by Crippen LogP contribution is 2.26. The molecule has 0 aromatic heterocycles. The number of hydrogen-bond acceptors (Lipinski definition) is 4. The highest BCUT2D eigenvalue weighted by atomic mass is 16.7. The van der Waals surface area contributed by atoms with Gasteiger partial charge in [-0.3, -0.25) is 0 Å². The van der Waals surface area contributed by atoms with Gasteiger partial charge >= 0.3 is 17.7 Å². The molecule has 4 rings (SSSR count). The molecule has 4 aromatic carbocycles. The van der Waals surface area contributed by atoms with Gasteiger partial charge in [-0.2, -0.15) is 0 Å². The maximum atomic E-state index is 12.1. The topological polar surface area (TPSA) is 93.1 Å². The van der Waals surface area contributed by atoms with Crippen molar-refractivity contribution in [1.82, 2.24) is 0 Å². The molecule has 4 aromatic rings. The van der Waals surface area contributed by atoms with Crippen molar-refractivity contribution in [3.05, 3.63) is 131 Å². The molecule has 0 atom stereocenters. The minimum Gasteiger partial charge on any atom is -0.475 e. The van der Waals surface area contributed by atoms with Crippen LogP contribution in [0.4, 0.5) is 0 Å². The fraction of sp³-hybridized carbons (Fsp3) is 0.103. The lowest BCUT2D eigenvalue weighted by atomic mass is 10.1. The Kier molecular flexibility index (Phi) is 7.12.